The Labute approximate surface area is 162 Å². The van der Waals surface area contributed by atoms with Crippen LogP contribution in [0.2, 0.25) is 0 Å². The highest BCUT2D eigenvalue weighted by Gasteiger charge is 2.37. The van der Waals surface area contributed by atoms with Crippen LogP contribution in [0.25, 0.3) is 0 Å². The van der Waals surface area contributed by atoms with Gasteiger partial charge in [0.2, 0.25) is 0 Å². The summed E-state index contributed by atoms with van der Waals surface area (Å²) in [7, 11) is 3.79. The lowest BCUT2D eigenvalue weighted by atomic mass is 10.1. The summed E-state index contributed by atoms with van der Waals surface area (Å²) in [6, 6.07) is 14.3. The van der Waals surface area contributed by atoms with Crippen LogP contribution < -0.4 is 4.90 Å². The zero-order valence-corrected chi connectivity index (χ0v) is 16.7. The van der Waals surface area contributed by atoms with Crippen molar-refractivity contribution in [1.82, 2.24) is 4.90 Å². The van der Waals surface area contributed by atoms with Crippen LogP contribution in [0.15, 0.2) is 62.3 Å². The second-order valence-corrected chi connectivity index (χ2v) is 8.40. The Morgan fingerprint density at radius 2 is 1.69 bits per heavy atom. The standard InChI is InChI=1S/C20H19N3OS2/c1-12-9-10-14(11-13(12)2)21-20-23(4)18(24)17(26-20)19-22(3)15-7-5-6-8-16(15)25-19/h5-11H,1-4H3. The molecular weight excluding hydrogens is 362 g/mol. The molecule has 1 amide bonds. The van der Waals surface area contributed by atoms with Crippen LogP contribution in [-0.2, 0) is 4.79 Å². The van der Waals surface area contributed by atoms with Crippen molar-refractivity contribution in [2.24, 2.45) is 4.99 Å². The number of aliphatic imine (C=N–C) groups is 1. The third kappa shape index (κ3) is 2.83. The third-order valence-electron chi connectivity index (χ3n) is 4.63. The van der Waals surface area contributed by atoms with Crippen molar-refractivity contribution in [3.8, 4) is 0 Å². The molecule has 26 heavy (non-hydrogen) atoms. The molecule has 6 heteroatoms. The largest absolute Gasteiger partial charge is 0.337 e. The average molecular weight is 382 g/mol. The maximum absolute atomic E-state index is 12.8. The van der Waals surface area contributed by atoms with Gasteiger partial charge in [-0.15, -0.1) is 0 Å². The van der Waals surface area contributed by atoms with Crippen LogP contribution in [0.1, 0.15) is 11.1 Å². The fourth-order valence-electron chi connectivity index (χ4n) is 2.88. The molecule has 2 aliphatic rings. The number of carbonyl (C=O) groups is 1. The molecule has 0 N–H and O–H groups in total. The second-order valence-electron chi connectivity index (χ2n) is 6.39. The molecule has 0 unspecified atom stereocenters. The van der Waals surface area contributed by atoms with Crippen LogP contribution in [0.5, 0.6) is 0 Å². The quantitative estimate of drug-likeness (QED) is 0.658. The van der Waals surface area contributed by atoms with Crippen molar-refractivity contribution in [1.29, 1.82) is 0 Å². The van der Waals surface area contributed by atoms with E-state index in [1.54, 1.807) is 23.7 Å². The van der Waals surface area contributed by atoms with Gasteiger partial charge in [-0.3, -0.25) is 9.69 Å². The average Bonchev–Trinajstić information content (AvgIpc) is 3.10. The Morgan fingerprint density at radius 3 is 2.42 bits per heavy atom. The van der Waals surface area contributed by atoms with E-state index in [1.165, 1.54) is 27.8 Å². The summed E-state index contributed by atoms with van der Waals surface area (Å²) < 4.78 is 0. The van der Waals surface area contributed by atoms with Gasteiger partial charge in [-0.1, -0.05) is 30.0 Å². The maximum Gasteiger partial charge on any atom is 0.269 e. The van der Waals surface area contributed by atoms with Gasteiger partial charge in [0, 0.05) is 19.0 Å². The van der Waals surface area contributed by atoms with E-state index in [0.29, 0.717) is 5.17 Å². The lowest BCUT2D eigenvalue weighted by Crippen LogP contribution is -2.24. The number of nitrogens with zero attached hydrogens (tertiary/aromatic N) is 3. The molecular formula is C20H19N3OS2. The number of fused-ring (bicyclic) bond motifs is 1. The molecule has 4 rings (SSSR count). The van der Waals surface area contributed by atoms with Crippen molar-refractivity contribution in [2.75, 3.05) is 19.0 Å². The highest BCUT2D eigenvalue weighted by molar-refractivity contribution is 8.19. The van der Waals surface area contributed by atoms with Gasteiger partial charge in [-0.05, 0) is 61.0 Å². The molecule has 2 heterocycles. The Balaban J connectivity index is 1.70. The zero-order chi connectivity index (χ0) is 18.4. The molecule has 0 bridgehead atoms. The Bertz CT molecular complexity index is 981. The predicted octanol–water partition coefficient (Wildman–Crippen LogP) is 4.91. The van der Waals surface area contributed by atoms with E-state index in [9.17, 15) is 4.79 Å². The van der Waals surface area contributed by atoms with Crippen molar-refractivity contribution >= 4 is 46.0 Å². The monoisotopic (exact) mass is 381 g/mol. The molecule has 0 aliphatic carbocycles. The Hall–Kier alpha value is -2.18. The highest BCUT2D eigenvalue weighted by atomic mass is 32.2. The number of aryl methyl sites for hydroxylation is 2. The molecule has 2 aromatic carbocycles. The maximum atomic E-state index is 12.8. The van der Waals surface area contributed by atoms with Crippen molar-refractivity contribution in [2.45, 2.75) is 18.7 Å². The van der Waals surface area contributed by atoms with E-state index in [4.69, 9.17) is 4.99 Å². The number of likely N-dealkylation sites (N-methyl/N-ethyl adjacent to an activating group) is 1. The van der Waals surface area contributed by atoms with Gasteiger partial charge in [0.15, 0.2) is 5.17 Å². The van der Waals surface area contributed by atoms with Crippen LogP contribution in [0, 0.1) is 13.8 Å². The Morgan fingerprint density at radius 1 is 0.923 bits per heavy atom. The van der Waals surface area contributed by atoms with Gasteiger partial charge in [-0.2, -0.15) is 0 Å². The number of amides is 1. The summed E-state index contributed by atoms with van der Waals surface area (Å²) in [5, 5.41) is 1.68. The third-order valence-corrected chi connectivity index (χ3v) is 7.11. The number of hydrogen-bond acceptors (Lipinski definition) is 5. The first kappa shape index (κ1) is 17.2. The number of para-hydroxylation sites is 1. The number of carbonyl (C=O) groups excluding carboxylic acids is 1. The first-order valence-electron chi connectivity index (χ1n) is 8.32. The van der Waals surface area contributed by atoms with Crippen molar-refractivity contribution in [3.05, 3.63) is 63.5 Å². The van der Waals surface area contributed by atoms with Gasteiger partial charge in [0.25, 0.3) is 5.91 Å². The van der Waals surface area contributed by atoms with Crippen molar-refractivity contribution < 1.29 is 4.79 Å². The molecule has 0 saturated carbocycles. The molecule has 0 aromatic heterocycles. The molecule has 0 radical (unpaired) electrons. The van der Waals surface area contributed by atoms with E-state index in [2.05, 4.69) is 43.0 Å². The number of thioether (sulfide) groups is 2. The first-order chi connectivity index (χ1) is 12.5. The lowest BCUT2D eigenvalue weighted by molar-refractivity contribution is -0.121. The summed E-state index contributed by atoms with van der Waals surface area (Å²) in [4.78, 5) is 23.2. The van der Waals surface area contributed by atoms with Crippen LogP contribution >= 0.6 is 23.5 Å². The summed E-state index contributed by atoms with van der Waals surface area (Å²) in [6.07, 6.45) is 0. The van der Waals surface area contributed by atoms with Crippen LogP contribution in [0.3, 0.4) is 0 Å². The number of amidine groups is 1. The normalized spacial score (nSPS) is 21.1. The molecule has 2 aliphatic heterocycles. The molecule has 1 saturated heterocycles. The highest BCUT2D eigenvalue weighted by Crippen LogP contribution is 2.49. The predicted molar refractivity (Wildman–Crippen MR) is 111 cm³/mol. The smallest absolute Gasteiger partial charge is 0.269 e. The number of anilines is 1. The van der Waals surface area contributed by atoms with Gasteiger partial charge in [0.05, 0.1) is 16.4 Å². The first-order valence-corrected chi connectivity index (χ1v) is 9.96. The van der Waals surface area contributed by atoms with Gasteiger partial charge < -0.3 is 4.90 Å². The van der Waals surface area contributed by atoms with Crippen molar-refractivity contribution in [3.63, 3.8) is 0 Å². The molecule has 4 nitrogen and oxygen atoms in total. The van der Waals surface area contributed by atoms with E-state index < -0.39 is 0 Å². The minimum Gasteiger partial charge on any atom is -0.337 e. The van der Waals surface area contributed by atoms with E-state index in [-0.39, 0.29) is 5.91 Å². The Kier molecular flexibility index (Phi) is 4.32. The van der Waals surface area contributed by atoms with Gasteiger partial charge in [-0.25, -0.2) is 4.99 Å². The number of hydrogen-bond donors (Lipinski definition) is 0. The molecule has 0 atom stereocenters. The fraction of sp³-hybridized carbons (Fsp3) is 0.200. The minimum atomic E-state index is -0.000241. The number of rotatable bonds is 1. The fourth-order valence-corrected chi connectivity index (χ4v) is 5.21. The summed E-state index contributed by atoms with van der Waals surface area (Å²) in [5.41, 5.74) is 4.44. The van der Waals surface area contributed by atoms with Crippen LogP contribution in [0.4, 0.5) is 11.4 Å². The molecule has 1 fully saturated rings. The summed E-state index contributed by atoms with van der Waals surface area (Å²) >= 11 is 3.09. The van der Waals surface area contributed by atoms with Crippen LogP contribution in [-0.4, -0.2) is 30.1 Å². The second kappa shape index (κ2) is 6.52. The minimum absolute atomic E-state index is 0.000241. The van der Waals surface area contributed by atoms with E-state index >= 15 is 0 Å². The lowest BCUT2D eigenvalue weighted by Gasteiger charge is -2.14. The summed E-state index contributed by atoms with van der Waals surface area (Å²) in [5.74, 6) is -0.000241. The molecule has 0 spiro atoms. The summed E-state index contributed by atoms with van der Waals surface area (Å²) in [6.45, 7) is 4.16. The zero-order valence-electron chi connectivity index (χ0n) is 15.1. The molecule has 132 valence electrons. The molecule has 2 aromatic rings. The van der Waals surface area contributed by atoms with E-state index in [0.717, 1.165) is 21.3 Å². The SMILES string of the molecule is Cc1ccc(N=C2SC(=C3Sc4ccccc4N3C)C(=O)N2C)cc1C. The van der Waals surface area contributed by atoms with E-state index in [1.807, 2.05) is 25.2 Å². The van der Waals surface area contributed by atoms with Gasteiger partial charge in [0.1, 0.15) is 4.91 Å². The van der Waals surface area contributed by atoms with Gasteiger partial charge >= 0.3 is 0 Å². The topological polar surface area (TPSA) is 35.9 Å². The number of benzene rings is 2.